The van der Waals surface area contributed by atoms with Gasteiger partial charge in [0, 0.05) is 18.6 Å². The molecule has 86 valence electrons. The Balaban J connectivity index is 2.17. The van der Waals surface area contributed by atoms with E-state index in [1.54, 1.807) is 12.3 Å². The van der Waals surface area contributed by atoms with Crippen molar-refractivity contribution < 1.29 is 4.79 Å². The van der Waals surface area contributed by atoms with Gasteiger partial charge < -0.3 is 11.1 Å². The Morgan fingerprint density at radius 3 is 2.65 bits per heavy atom. The van der Waals surface area contributed by atoms with Crippen molar-refractivity contribution >= 4 is 17.5 Å². The van der Waals surface area contributed by atoms with Crippen molar-refractivity contribution in [3.05, 3.63) is 42.0 Å². The number of aryl methyl sites for hydroxylation is 1. The molecule has 0 bridgehead atoms. The third-order valence-electron chi connectivity index (χ3n) is 2.09. The Bertz CT molecular complexity index is 538. The van der Waals surface area contributed by atoms with Crippen molar-refractivity contribution in [1.29, 1.82) is 0 Å². The zero-order chi connectivity index (χ0) is 12.3. The molecule has 0 spiro atoms. The molecular formula is C11H11N5O. The molecule has 2 heterocycles. The molecule has 2 aromatic rings. The molecule has 0 aromatic carbocycles. The van der Waals surface area contributed by atoms with Crippen LogP contribution >= 0.6 is 0 Å². The average molecular weight is 229 g/mol. The fourth-order valence-electron chi connectivity index (χ4n) is 1.24. The molecule has 0 radical (unpaired) electrons. The van der Waals surface area contributed by atoms with Crippen molar-refractivity contribution in [2.45, 2.75) is 6.92 Å². The fraction of sp³-hybridized carbons (Fsp3) is 0.0909. The van der Waals surface area contributed by atoms with Gasteiger partial charge in [-0.05, 0) is 18.6 Å². The second-order valence-corrected chi connectivity index (χ2v) is 3.47. The van der Waals surface area contributed by atoms with Crippen molar-refractivity contribution in [3.63, 3.8) is 0 Å². The molecule has 6 heteroatoms. The minimum Gasteiger partial charge on any atom is -0.382 e. The number of nitrogens with zero attached hydrogens (tertiary/aromatic N) is 3. The van der Waals surface area contributed by atoms with Gasteiger partial charge in [-0.15, -0.1) is 0 Å². The van der Waals surface area contributed by atoms with E-state index in [9.17, 15) is 4.79 Å². The van der Waals surface area contributed by atoms with E-state index in [2.05, 4.69) is 20.3 Å². The summed E-state index contributed by atoms with van der Waals surface area (Å²) in [4.78, 5) is 23.5. The van der Waals surface area contributed by atoms with E-state index >= 15 is 0 Å². The highest BCUT2D eigenvalue weighted by Gasteiger charge is 2.12. The predicted molar refractivity (Wildman–Crippen MR) is 63.4 cm³/mol. The molecule has 0 atom stereocenters. The summed E-state index contributed by atoms with van der Waals surface area (Å²) in [5, 5.41) is 2.59. The van der Waals surface area contributed by atoms with Crippen LogP contribution < -0.4 is 11.1 Å². The topological polar surface area (TPSA) is 93.8 Å². The maximum atomic E-state index is 11.8. The van der Waals surface area contributed by atoms with Crippen molar-refractivity contribution in [2.24, 2.45) is 0 Å². The van der Waals surface area contributed by atoms with Crippen molar-refractivity contribution in [3.8, 4) is 0 Å². The zero-order valence-corrected chi connectivity index (χ0v) is 9.21. The van der Waals surface area contributed by atoms with Crippen LogP contribution in [0.4, 0.5) is 11.6 Å². The molecule has 0 fully saturated rings. The second kappa shape index (κ2) is 4.56. The van der Waals surface area contributed by atoms with Gasteiger partial charge in [-0.2, -0.15) is 0 Å². The van der Waals surface area contributed by atoms with E-state index in [1.165, 1.54) is 12.4 Å². The van der Waals surface area contributed by atoms with E-state index in [-0.39, 0.29) is 11.5 Å². The summed E-state index contributed by atoms with van der Waals surface area (Å²) in [6, 6.07) is 3.56. The number of amides is 1. The van der Waals surface area contributed by atoms with Gasteiger partial charge in [0.25, 0.3) is 5.91 Å². The lowest BCUT2D eigenvalue weighted by atomic mass is 10.3. The third kappa shape index (κ3) is 2.54. The second-order valence-electron chi connectivity index (χ2n) is 3.47. The van der Waals surface area contributed by atoms with Crippen LogP contribution in [-0.2, 0) is 0 Å². The first kappa shape index (κ1) is 11.0. The summed E-state index contributed by atoms with van der Waals surface area (Å²) in [5.41, 5.74) is 6.65. The van der Waals surface area contributed by atoms with Gasteiger partial charge in [-0.3, -0.25) is 4.79 Å². The van der Waals surface area contributed by atoms with Gasteiger partial charge in [-0.1, -0.05) is 6.07 Å². The van der Waals surface area contributed by atoms with Gasteiger partial charge in [0.05, 0.1) is 0 Å². The normalized spacial score (nSPS) is 9.94. The smallest absolute Gasteiger partial charge is 0.279 e. The van der Waals surface area contributed by atoms with Gasteiger partial charge in [-0.25, -0.2) is 15.0 Å². The van der Waals surface area contributed by atoms with E-state index < -0.39 is 5.91 Å². The van der Waals surface area contributed by atoms with E-state index in [0.717, 1.165) is 5.56 Å². The van der Waals surface area contributed by atoms with Crippen LogP contribution in [0.2, 0.25) is 0 Å². The standard InChI is InChI=1S/C11H11N5O/c1-7-2-3-8(15-6-7)16-11(17)9-10(12)14-5-4-13-9/h2-6H,1H3,(H2,12,14)(H,15,16,17). The first-order valence-electron chi connectivity index (χ1n) is 4.97. The number of hydrogen-bond acceptors (Lipinski definition) is 5. The maximum Gasteiger partial charge on any atom is 0.279 e. The lowest BCUT2D eigenvalue weighted by molar-refractivity contribution is 0.102. The van der Waals surface area contributed by atoms with Gasteiger partial charge in [0.2, 0.25) is 0 Å². The number of aromatic nitrogens is 3. The van der Waals surface area contributed by atoms with Crippen LogP contribution in [-0.4, -0.2) is 20.9 Å². The Hall–Kier alpha value is -2.50. The van der Waals surface area contributed by atoms with Crippen LogP contribution in [0.15, 0.2) is 30.7 Å². The summed E-state index contributed by atoms with van der Waals surface area (Å²) in [5.74, 6) is 0.120. The highest BCUT2D eigenvalue weighted by molar-refractivity contribution is 6.05. The van der Waals surface area contributed by atoms with Crippen molar-refractivity contribution in [2.75, 3.05) is 11.1 Å². The summed E-state index contributed by atoms with van der Waals surface area (Å²) < 4.78 is 0. The minimum atomic E-state index is -0.424. The molecule has 0 saturated heterocycles. The molecule has 1 amide bonds. The van der Waals surface area contributed by atoms with Crippen LogP contribution in [0.1, 0.15) is 16.1 Å². The Labute approximate surface area is 97.9 Å². The Morgan fingerprint density at radius 1 is 1.24 bits per heavy atom. The lowest BCUT2D eigenvalue weighted by Gasteiger charge is -2.04. The number of carbonyl (C=O) groups excluding carboxylic acids is 1. The Morgan fingerprint density at radius 2 is 2.00 bits per heavy atom. The third-order valence-corrected chi connectivity index (χ3v) is 2.09. The number of rotatable bonds is 2. The Kier molecular flexibility index (Phi) is 2.95. The molecule has 0 unspecified atom stereocenters. The van der Waals surface area contributed by atoms with Gasteiger partial charge >= 0.3 is 0 Å². The number of pyridine rings is 1. The number of carbonyl (C=O) groups is 1. The molecule has 6 nitrogen and oxygen atoms in total. The van der Waals surface area contributed by atoms with E-state index in [0.29, 0.717) is 5.82 Å². The SMILES string of the molecule is Cc1ccc(NC(=O)c2nccnc2N)nc1. The molecular weight excluding hydrogens is 218 g/mol. The fourth-order valence-corrected chi connectivity index (χ4v) is 1.24. The molecule has 0 aliphatic heterocycles. The summed E-state index contributed by atoms with van der Waals surface area (Å²) in [7, 11) is 0. The van der Waals surface area contributed by atoms with Gasteiger partial charge in [0.15, 0.2) is 11.5 Å². The van der Waals surface area contributed by atoms with Crippen molar-refractivity contribution in [1.82, 2.24) is 15.0 Å². The molecule has 2 rings (SSSR count). The quantitative estimate of drug-likeness (QED) is 0.801. The molecule has 0 aliphatic rings. The molecule has 0 aliphatic carbocycles. The van der Waals surface area contributed by atoms with Crippen LogP contribution in [0.3, 0.4) is 0 Å². The maximum absolute atomic E-state index is 11.8. The molecule has 17 heavy (non-hydrogen) atoms. The van der Waals surface area contributed by atoms with Crippen LogP contribution in [0, 0.1) is 6.92 Å². The summed E-state index contributed by atoms with van der Waals surface area (Å²) >= 11 is 0. The monoisotopic (exact) mass is 229 g/mol. The number of hydrogen-bond donors (Lipinski definition) is 2. The minimum absolute atomic E-state index is 0.0925. The zero-order valence-electron chi connectivity index (χ0n) is 9.21. The highest BCUT2D eigenvalue weighted by Crippen LogP contribution is 2.08. The highest BCUT2D eigenvalue weighted by atomic mass is 16.2. The number of nitrogens with one attached hydrogen (secondary N) is 1. The van der Waals surface area contributed by atoms with Crippen LogP contribution in [0.25, 0.3) is 0 Å². The molecule has 0 saturated carbocycles. The predicted octanol–water partition coefficient (Wildman–Crippen LogP) is 1.01. The lowest BCUT2D eigenvalue weighted by Crippen LogP contribution is -2.17. The van der Waals surface area contributed by atoms with Gasteiger partial charge in [0.1, 0.15) is 5.82 Å². The number of nitrogens with two attached hydrogens (primary N) is 1. The molecule has 3 N–H and O–H groups in total. The summed E-state index contributed by atoms with van der Waals surface area (Å²) in [6.45, 7) is 1.92. The van der Waals surface area contributed by atoms with Crippen LogP contribution in [0.5, 0.6) is 0 Å². The largest absolute Gasteiger partial charge is 0.382 e. The molecule has 2 aromatic heterocycles. The van der Waals surface area contributed by atoms with E-state index in [4.69, 9.17) is 5.73 Å². The summed E-state index contributed by atoms with van der Waals surface area (Å²) in [6.07, 6.45) is 4.50. The van der Waals surface area contributed by atoms with E-state index in [1.807, 2.05) is 13.0 Å². The number of nitrogen functional groups attached to an aromatic ring is 1. The first-order valence-corrected chi connectivity index (χ1v) is 4.97. The number of anilines is 2. The first-order chi connectivity index (χ1) is 8.16. The average Bonchev–Trinajstić information content (AvgIpc) is 2.32.